The summed E-state index contributed by atoms with van der Waals surface area (Å²) < 4.78 is 11.2. The number of anilines is 2. The molecular formula is C26H24N6O3. The molecule has 1 heterocycles. The smallest absolute Gasteiger partial charge is 0.258 e. The van der Waals surface area contributed by atoms with E-state index in [1.54, 1.807) is 37.5 Å². The maximum Gasteiger partial charge on any atom is 0.258 e. The number of ether oxygens (including phenoxy) is 2. The number of nitriles is 2. The number of benzene rings is 2. The van der Waals surface area contributed by atoms with Gasteiger partial charge in [-0.25, -0.2) is 4.98 Å². The molecule has 2 N–H and O–H groups in total. The van der Waals surface area contributed by atoms with E-state index in [0.717, 1.165) is 16.7 Å². The van der Waals surface area contributed by atoms with Crippen molar-refractivity contribution in [1.29, 1.82) is 10.5 Å². The Balaban J connectivity index is 1.96. The largest absolute Gasteiger partial charge is 0.437 e. The maximum atomic E-state index is 12.8. The Morgan fingerprint density at radius 3 is 2.49 bits per heavy atom. The number of carbonyl (C=O) groups excluding carboxylic acids is 1. The lowest BCUT2D eigenvalue weighted by atomic mass is 10.1. The van der Waals surface area contributed by atoms with Gasteiger partial charge in [-0.05, 0) is 73.0 Å². The first-order valence-electron chi connectivity index (χ1n) is 10.7. The molecule has 35 heavy (non-hydrogen) atoms. The van der Waals surface area contributed by atoms with E-state index in [-0.39, 0.29) is 17.4 Å². The van der Waals surface area contributed by atoms with E-state index in [1.807, 2.05) is 32.0 Å². The fourth-order valence-electron chi connectivity index (χ4n) is 3.25. The minimum Gasteiger partial charge on any atom is -0.437 e. The summed E-state index contributed by atoms with van der Waals surface area (Å²) in [6, 6.07) is 14.6. The molecule has 176 valence electrons. The van der Waals surface area contributed by atoms with Gasteiger partial charge in [-0.15, -0.1) is 0 Å². The van der Waals surface area contributed by atoms with Crippen molar-refractivity contribution in [3.8, 4) is 23.8 Å². The summed E-state index contributed by atoms with van der Waals surface area (Å²) in [7, 11) is 1.55. The molecule has 0 fully saturated rings. The molecule has 0 aliphatic rings. The predicted octanol–water partition coefficient (Wildman–Crippen LogP) is 4.41. The molecule has 3 rings (SSSR count). The highest BCUT2D eigenvalue weighted by Crippen LogP contribution is 2.32. The molecule has 3 aromatic rings. The van der Waals surface area contributed by atoms with Crippen molar-refractivity contribution in [1.82, 2.24) is 15.3 Å². The van der Waals surface area contributed by atoms with Crippen LogP contribution in [-0.4, -0.2) is 36.1 Å². The van der Waals surface area contributed by atoms with Crippen LogP contribution in [0.3, 0.4) is 0 Å². The van der Waals surface area contributed by atoms with Crippen LogP contribution in [0.5, 0.6) is 11.6 Å². The Morgan fingerprint density at radius 1 is 1.14 bits per heavy atom. The van der Waals surface area contributed by atoms with Crippen molar-refractivity contribution >= 4 is 23.6 Å². The Labute approximate surface area is 203 Å². The van der Waals surface area contributed by atoms with Gasteiger partial charge >= 0.3 is 0 Å². The average molecular weight is 469 g/mol. The SMILES string of the molecule is COCCNC(=O)c1cnc(Nc2ccc(C#N)cc2)nc1Oc1c(C)cc(/C=C/C#N)cc1C. The van der Waals surface area contributed by atoms with E-state index in [2.05, 4.69) is 26.7 Å². The third-order valence-electron chi connectivity index (χ3n) is 4.89. The summed E-state index contributed by atoms with van der Waals surface area (Å²) in [5.41, 5.74) is 3.86. The summed E-state index contributed by atoms with van der Waals surface area (Å²) in [4.78, 5) is 21.5. The van der Waals surface area contributed by atoms with Gasteiger partial charge < -0.3 is 20.1 Å². The lowest BCUT2D eigenvalue weighted by molar-refractivity contribution is 0.0933. The number of nitrogens with zero attached hydrogens (tertiary/aromatic N) is 4. The van der Waals surface area contributed by atoms with Gasteiger partial charge in [0.05, 0.1) is 24.3 Å². The maximum absolute atomic E-state index is 12.8. The van der Waals surface area contributed by atoms with Crippen molar-refractivity contribution in [2.24, 2.45) is 0 Å². The van der Waals surface area contributed by atoms with Crippen LogP contribution in [0.2, 0.25) is 0 Å². The minimum absolute atomic E-state index is 0.0811. The van der Waals surface area contributed by atoms with Gasteiger partial charge in [0.25, 0.3) is 5.91 Å². The molecule has 0 saturated heterocycles. The third kappa shape index (κ3) is 6.64. The van der Waals surface area contributed by atoms with Crippen LogP contribution < -0.4 is 15.4 Å². The Hall–Kier alpha value is -4.73. The number of methoxy groups -OCH3 is 1. The number of aromatic nitrogens is 2. The third-order valence-corrected chi connectivity index (χ3v) is 4.89. The van der Waals surface area contributed by atoms with Crippen molar-refractivity contribution in [2.45, 2.75) is 13.8 Å². The second-order valence-corrected chi connectivity index (χ2v) is 7.52. The van der Waals surface area contributed by atoms with Crippen LogP contribution in [0.4, 0.5) is 11.6 Å². The molecule has 2 aromatic carbocycles. The van der Waals surface area contributed by atoms with Crippen molar-refractivity contribution in [3.05, 3.63) is 76.5 Å². The summed E-state index contributed by atoms with van der Waals surface area (Å²) >= 11 is 0. The Bertz CT molecular complexity index is 1300. The zero-order chi connectivity index (χ0) is 25.2. The van der Waals surface area contributed by atoms with E-state index in [1.165, 1.54) is 12.3 Å². The molecule has 0 bridgehead atoms. The Morgan fingerprint density at radius 2 is 1.86 bits per heavy atom. The number of allylic oxidation sites excluding steroid dienone is 1. The van der Waals surface area contributed by atoms with Crippen LogP contribution >= 0.6 is 0 Å². The summed E-state index contributed by atoms with van der Waals surface area (Å²) in [6.45, 7) is 4.43. The van der Waals surface area contributed by atoms with Gasteiger partial charge in [-0.3, -0.25) is 4.79 Å². The lowest BCUT2D eigenvalue weighted by Crippen LogP contribution is -2.27. The molecule has 0 unspecified atom stereocenters. The molecule has 0 spiro atoms. The molecule has 9 heteroatoms. The van der Waals surface area contributed by atoms with Crippen LogP contribution in [0.1, 0.15) is 32.6 Å². The van der Waals surface area contributed by atoms with E-state index >= 15 is 0 Å². The van der Waals surface area contributed by atoms with E-state index < -0.39 is 5.91 Å². The van der Waals surface area contributed by atoms with Crippen LogP contribution in [0, 0.1) is 36.5 Å². The lowest BCUT2D eigenvalue weighted by Gasteiger charge is -2.16. The first-order chi connectivity index (χ1) is 16.9. The highest BCUT2D eigenvalue weighted by atomic mass is 16.5. The summed E-state index contributed by atoms with van der Waals surface area (Å²) in [5.74, 6) is 0.457. The van der Waals surface area contributed by atoms with Gasteiger partial charge in [0.1, 0.15) is 11.3 Å². The van der Waals surface area contributed by atoms with Gasteiger partial charge in [-0.1, -0.05) is 0 Å². The van der Waals surface area contributed by atoms with Crippen LogP contribution in [-0.2, 0) is 4.74 Å². The van der Waals surface area contributed by atoms with Gasteiger partial charge in [0.2, 0.25) is 11.8 Å². The van der Waals surface area contributed by atoms with Gasteiger partial charge in [0.15, 0.2) is 0 Å². The summed E-state index contributed by atoms with van der Waals surface area (Å²) in [5, 5.41) is 23.6. The minimum atomic E-state index is -0.397. The first-order valence-corrected chi connectivity index (χ1v) is 10.7. The summed E-state index contributed by atoms with van der Waals surface area (Å²) in [6.07, 6.45) is 4.51. The normalized spacial score (nSPS) is 10.4. The van der Waals surface area contributed by atoms with Crippen molar-refractivity contribution in [2.75, 3.05) is 25.6 Å². The zero-order valence-corrected chi connectivity index (χ0v) is 19.6. The molecular weight excluding hydrogens is 444 g/mol. The topological polar surface area (TPSA) is 133 Å². The molecule has 0 aliphatic heterocycles. The van der Waals surface area contributed by atoms with Crippen LogP contribution in [0.15, 0.2) is 48.7 Å². The first kappa shape index (κ1) is 24.9. The number of carbonyl (C=O) groups is 1. The van der Waals surface area contributed by atoms with E-state index in [9.17, 15) is 4.79 Å². The van der Waals surface area contributed by atoms with Crippen molar-refractivity contribution in [3.63, 3.8) is 0 Å². The zero-order valence-electron chi connectivity index (χ0n) is 19.6. The highest BCUT2D eigenvalue weighted by Gasteiger charge is 2.19. The number of hydrogen-bond acceptors (Lipinski definition) is 8. The number of nitrogens with one attached hydrogen (secondary N) is 2. The molecule has 9 nitrogen and oxygen atoms in total. The number of aryl methyl sites for hydroxylation is 2. The monoisotopic (exact) mass is 468 g/mol. The molecule has 0 aliphatic carbocycles. The number of hydrogen-bond donors (Lipinski definition) is 2. The molecule has 0 atom stereocenters. The predicted molar refractivity (Wildman–Crippen MR) is 131 cm³/mol. The standard InChI is InChI=1S/C26H24N6O3/c1-17-13-20(5-4-10-27)14-18(2)23(17)35-25-22(24(33)29-11-12-34-3)16-30-26(32-25)31-21-8-6-19(15-28)7-9-21/h4-9,13-14,16H,11-12H2,1-3H3,(H,29,33)(H,30,31,32)/b5-4+. The molecule has 0 saturated carbocycles. The second kappa shape index (κ2) is 11.9. The van der Waals surface area contributed by atoms with Gasteiger partial charge in [0, 0.05) is 31.6 Å². The van der Waals surface area contributed by atoms with Crippen LogP contribution in [0.25, 0.3) is 6.08 Å². The molecule has 1 aromatic heterocycles. The average Bonchev–Trinajstić information content (AvgIpc) is 2.85. The Kier molecular flexibility index (Phi) is 8.49. The van der Waals surface area contributed by atoms with E-state index in [4.69, 9.17) is 20.0 Å². The number of amides is 1. The molecule has 0 radical (unpaired) electrons. The fraction of sp³-hybridized carbons (Fsp3) is 0.192. The van der Waals surface area contributed by atoms with Gasteiger partial charge in [-0.2, -0.15) is 15.5 Å². The quantitative estimate of drug-likeness (QED) is 0.348. The second-order valence-electron chi connectivity index (χ2n) is 7.52. The fourth-order valence-corrected chi connectivity index (χ4v) is 3.25. The van der Waals surface area contributed by atoms with Crippen molar-refractivity contribution < 1.29 is 14.3 Å². The number of rotatable bonds is 9. The van der Waals surface area contributed by atoms with E-state index in [0.29, 0.717) is 30.2 Å². The highest BCUT2D eigenvalue weighted by molar-refractivity contribution is 5.96. The molecule has 1 amide bonds.